The smallest absolute Gasteiger partial charge is 0.256 e. The standard InChI is InChI=1S/C24H34N4O4/c1-7-15(2)26-24(29)18-14-25-22(27-23(18)28-11-9-8-10-16(28)3)17-12-19(30-4)21(32-6)20(13-17)31-5/h12-16H,7-11H2,1-6H3,(H,26,29)/t15-,16+/m0/s1. The van der Waals surface area contributed by atoms with Crippen molar-refractivity contribution in [2.45, 2.75) is 58.5 Å². The zero-order valence-electron chi connectivity index (χ0n) is 19.9. The van der Waals surface area contributed by atoms with Crippen LogP contribution < -0.4 is 24.4 Å². The van der Waals surface area contributed by atoms with Crippen LogP contribution in [0.4, 0.5) is 5.82 Å². The number of methoxy groups -OCH3 is 3. The van der Waals surface area contributed by atoms with Gasteiger partial charge >= 0.3 is 0 Å². The van der Waals surface area contributed by atoms with Crippen LogP contribution in [-0.4, -0.2) is 55.8 Å². The minimum atomic E-state index is -0.149. The molecular formula is C24H34N4O4. The molecule has 32 heavy (non-hydrogen) atoms. The highest BCUT2D eigenvalue weighted by Crippen LogP contribution is 2.41. The van der Waals surface area contributed by atoms with Crippen LogP contribution >= 0.6 is 0 Å². The van der Waals surface area contributed by atoms with E-state index in [1.807, 2.05) is 26.0 Å². The number of benzene rings is 1. The first-order chi connectivity index (χ1) is 15.4. The number of anilines is 1. The molecule has 1 saturated heterocycles. The number of aromatic nitrogens is 2. The Bertz CT molecular complexity index is 925. The topological polar surface area (TPSA) is 85.8 Å². The summed E-state index contributed by atoms with van der Waals surface area (Å²) in [6.07, 6.45) is 5.79. The minimum Gasteiger partial charge on any atom is -0.493 e. The lowest BCUT2D eigenvalue weighted by Gasteiger charge is -2.35. The lowest BCUT2D eigenvalue weighted by molar-refractivity contribution is 0.0939. The molecule has 0 unspecified atom stereocenters. The summed E-state index contributed by atoms with van der Waals surface area (Å²) in [7, 11) is 4.72. The van der Waals surface area contributed by atoms with Gasteiger partial charge in [-0.3, -0.25) is 4.79 Å². The van der Waals surface area contributed by atoms with Crippen LogP contribution in [0, 0.1) is 0 Å². The van der Waals surface area contributed by atoms with Gasteiger partial charge < -0.3 is 24.4 Å². The molecule has 8 nitrogen and oxygen atoms in total. The predicted octanol–water partition coefficient (Wildman–Crippen LogP) is 4.08. The van der Waals surface area contributed by atoms with Crippen LogP contribution in [0.5, 0.6) is 17.2 Å². The van der Waals surface area contributed by atoms with Gasteiger partial charge in [0.25, 0.3) is 5.91 Å². The quantitative estimate of drug-likeness (QED) is 0.659. The van der Waals surface area contributed by atoms with Crippen LogP contribution in [0.15, 0.2) is 18.3 Å². The highest BCUT2D eigenvalue weighted by Gasteiger charge is 2.27. The first-order valence-corrected chi connectivity index (χ1v) is 11.2. The second kappa shape index (κ2) is 10.5. The summed E-state index contributed by atoms with van der Waals surface area (Å²) in [5, 5.41) is 3.05. The van der Waals surface area contributed by atoms with Gasteiger partial charge in [-0.25, -0.2) is 9.97 Å². The number of nitrogens with one attached hydrogen (secondary N) is 1. The molecule has 1 amide bonds. The summed E-state index contributed by atoms with van der Waals surface area (Å²) in [6, 6.07) is 4.00. The SMILES string of the molecule is CC[C@H](C)NC(=O)c1cnc(-c2cc(OC)c(OC)c(OC)c2)nc1N1CCCC[C@H]1C. The number of piperidine rings is 1. The third-order valence-corrected chi connectivity index (χ3v) is 6.00. The van der Waals surface area contributed by atoms with Gasteiger partial charge in [-0.05, 0) is 51.7 Å². The molecule has 1 aliphatic rings. The molecule has 0 radical (unpaired) electrons. The Hall–Kier alpha value is -3.03. The monoisotopic (exact) mass is 442 g/mol. The molecule has 2 heterocycles. The average Bonchev–Trinajstić information content (AvgIpc) is 2.82. The molecule has 1 N–H and O–H groups in total. The first-order valence-electron chi connectivity index (χ1n) is 11.2. The van der Waals surface area contributed by atoms with Crippen LogP contribution in [0.25, 0.3) is 11.4 Å². The second-order valence-electron chi connectivity index (χ2n) is 8.17. The Morgan fingerprint density at radius 3 is 2.44 bits per heavy atom. The largest absolute Gasteiger partial charge is 0.493 e. The second-order valence-corrected chi connectivity index (χ2v) is 8.17. The molecule has 1 aromatic carbocycles. The number of hydrogen-bond acceptors (Lipinski definition) is 7. The Morgan fingerprint density at radius 2 is 1.88 bits per heavy atom. The number of carbonyl (C=O) groups is 1. The number of rotatable bonds is 8. The number of amides is 1. The van der Waals surface area contributed by atoms with Crippen LogP contribution in [0.3, 0.4) is 0 Å². The van der Waals surface area contributed by atoms with Gasteiger partial charge in [0.15, 0.2) is 17.3 Å². The summed E-state index contributed by atoms with van der Waals surface area (Å²) in [5.74, 6) is 2.57. The van der Waals surface area contributed by atoms with Crippen molar-refractivity contribution in [3.63, 3.8) is 0 Å². The fourth-order valence-electron chi connectivity index (χ4n) is 3.92. The zero-order chi connectivity index (χ0) is 23.3. The Labute approximate surface area is 190 Å². The maximum atomic E-state index is 13.0. The van der Waals surface area contributed by atoms with Crippen molar-refractivity contribution >= 4 is 11.7 Å². The third kappa shape index (κ3) is 4.89. The first kappa shape index (κ1) is 23.6. The van der Waals surface area contributed by atoms with E-state index in [0.717, 1.165) is 31.4 Å². The lowest BCUT2D eigenvalue weighted by atomic mass is 10.0. The Kier molecular flexibility index (Phi) is 7.77. The van der Waals surface area contributed by atoms with Crippen molar-refractivity contribution in [1.29, 1.82) is 0 Å². The van der Waals surface area contributed by atoms with Crippen molar-refractivity contribution in [2.75, 3.05) is 32.8 Å². The van der Waals surface area contributed by atoms with Crippen molar-refractivity contribution < 1.29 is 19.0 Å². The molecule has 0 saturated carbocycles. The van der Waals surface area contributed by atoms with E-state index in [1.54, 1.807) is 27.5 Å². The van der Waals surface area contributed by atoms with Gasteiger partial charge in [0.2, 0.25) is 5.75 Å². The zero-order valence-corrected chi connectivity index (χ0v) is 19.9. The molecule has 3 rings (SSSR count). The van der Waals surface area contributed by atoms with Crippen LogP contribution in [-0.2, 0) is 0 Å². The van der Waals surface area contributed by atoms with E-state index < -0.39 is 0 Å². The van der Waals surface area contributed by atoms with Crippen molar-refractivity contribution in [3.05, 3.63) is 23.9 Å². The van der Waals surface area contributed by atoms with Crippen molar-refractivity contribution in [3.8, 4) is 28.6 Å². The van der Waals surface area contributed by atoms with Gasteiger partial charge in [-0.2, -0.15) is 0 Å². The predicted molar refractivity (Wildman–Crippen MR) is 125 cm³/mol. The molecule has 0 spiro atoms. The van der Waals surface area contributed by atoms with E-state index in [9.17, 15) is 4.79 Å². The maximum Gasteiger partial charge on any atom is 0.256 e. The van der Waals surface area contributed by atoms with Crippen LogP contribution in [0.2, 0.25) is 0 Å². The summed E-state index contributed by atoms with van der Waals surface area (Å²) < 4.78 is 16.4. The van der Waals surface area contributed by atoms with E-state index in [-0.39, 0.29) is 11.9 Å². The fourth-order valence-corrected chi connectivity index (χ4v) is 3.92. The molecule has 2 aromatic rings. The molecule has 174 valence electrons. The molecule has 0 aliphatic carbocycles. The number of carbonyl (C=O) groups excluding carboxylic acids is 1. The fraction of sp³-hybridized carbons (Fsp3) is 0.542. The summed E-state index contributed by atoms with van der Waals surface area (Å²) in [6.45, 7) is 7.07. The summed E-state index contributed by atoms with van der Waals surface area (Å²) in [5.41, 5.74) is 1.22. The lowest BCUT2D eigenvalue weighted by Crippen LogP contribution is -2.40. The molecule has 1 aromatic heterocycles. The molecule has 0 bridgehead atoms. The van der Waals surface area contributed by atoms with Crippen molar-refractivity contribution in [1.82, 2.24) is 15.3 Å². The summed E-state index contributed by atoms with van der Waals surface area (Å²) >= 11 is 0. The number of hydrogen-bond donors (Lipinski definition) is 1. The molecule has 8 heteroatoms. The molecular weight excluding hydrogens is 408 g/mol. The molecule has 2 atom stereocenters. The molecule has 1 fully saturated rings. The van der Waals surface area contributed by atoms with Gasteiger partial charge in [-0.1, -0.05) is 6.92 Å². The highest BCUT2D eigenvalue weighted by atomic mass is 16.5. The highest BCUT2D eigenvalue weighted by molar-refractivity contribution is 5.99. The van der Waals surface area contributed by atoms with E-state index in [1.165, 1.54) is 6.42 Å². The van der Waals surface area contributed by atoms with Crippen molar-refractivity contribution in [2.24, 2.45) is 0 Å². The van der Waals surface area contributed by atoms with Gasteiger partial charge in [0.05, 0.1) is 21.3 Å². The van der Waals surface area contributed by atoms with Gasteiger partial charge in [-0.15, -0.1) is 0 Å². The average molecular weight is 443 g/mol. The van der Waals surface area contributed by atoms with E-state index in [4.69, 9.17) is 19.2 Å². The molecule has 1 aliphatic heterocycles. The Balaban J connectivity index is 2.11. The van der Waals surface area contributed by atoms with E-state index >= 15 is 0 Å². The summed E-state index contributed by atoms with van der Waals surface area (Å²) in [4.78, 5) is 24.7. The van der Waals surface area contributed by atoms with Crippen LogP contribution in [0.1, 0.15) is 56.8 Å². The number of ether oxygens (including phenoxy) is 3. The Morgan fingerprint density at radius 1 is 1.19 bits per heavy atom. The minimum absolute atomic E-state index is 0.0731. The van der Waals surface area contributed by atoms with Gasteiger partial charge in [0, 0.05) is 30.4 Å². The normalized spacial score (nSPS) is 16.9. The number of nitrogens with zero attached hydrogens (tertiary/aromatic N) is 3. The van der Waals surface area contributed by atoms with E-state index in [0.29, 0.717) is 40.5 Å². The maximum absolute atomic E-state index is 13.0. The van der Waals surface area contributed by atoms with E-state index in [2.05, 4.69) is 22.1 Å². The van der Waals surface area contributed by atoms with Gasteiger partial charge in [0.1, 0.15) is 11.4 Å². The third-order valence-electron chi connectivity index (χ3n) is 6.00.